The Kier molecular flexibility index (Phi) is 5.40. The van der Waals surface area contributed by atoms with E-state index >= 15 is 0 Å². The number of nitrogens with one attached hydrogen (secondary N) is 1. The van der Waals surface area contributed by atoms with Gasteiger partial charge in [-0.3, -0.25) is 9.59 Å². The summed E-state index contributed by atoms with van der Waals surface area (Å²) in [5, 5.41) is 12.5. The van der Waals surface area contributed by atoms with Crippen molar-refractivity contribution in [3.05, 3.63) is 71.8 Å². The van der Waals surface area contributed by atoms with Crippen LogP contribution in [0.5, 0.6) is 0 Å². The molecule has 26 heavy (non-hydrogen) atoms. The van der Waals surface area contributed by atoms with Gasteiger partial charge in [0.05, 0.1) is 5.41 Å². The standard InChI is InChI=1S/C22H25NO3/c1-16(23-19(24)15-22(21(25)26)13-8-14-22)20(17-9-4-2-5-10-17)18-11-6-3-7-12-18/h2-7,9-12,16,20H,8,13-15H2,1H3,(H,23,24)(H,25,26). The Hall–Kier alpha value is -2.62. The lowest BCUT2D eigenvalue weighted by molar-refractivity contribution is -0.157. The normalized spacial score (nSPS) is 16.5. The van der Waals surface area contributed by atoms with Crippen molar-refractivity contribution in [1.82, 2.24) is 5.32 Å². The van der Waals surface area contributed by atoms with Crippen LogP contribution < -0.4 is 5.32 Å². The molecule has 2 aromatic carbocycles. The van der Waals surface area contributed by atoms with Gasteiger partial charge in [-0.25, -0.2) is 0 Å². The summed E-state index contributed by atoms with van der Waals surface area (Å²) in [6, 6.07) is 20.0. The van der Waals surface area contributed by atoms with Crippen LogP contribution in [0.2, 0.25) is 0 Å². The van der Waals surface area contributed by atoms with Gasteiger partial charge in [0.25, 0.3) is 0 Å². The number of carbonyl (C=O) groups is 2. The first-order chi connectivity index (χ1) is 12.5. The molecule has 2 N–H and O–H groups in total. The molecule has 1 aliphatic carbocycles. The molecular formula is C22H25NO3. The van der Waals surface area contributed by atoms with Crippen LogP contribution in [-0.4, -0.2) is 23.0 Å². The van der Waals surface area contributed by atoms with Crippen LogP contribution in [0.25, 0.3) is 0 Å². The third-order valence-corrected chi connectivity index (χ3v) is 5.47. The number of rotatable bonds is 7. The summed E-state index contributed by atoms with van der Waals surface area (Å²) in [6.07, 6.45) is 2.12. The fourth-order valence-electron chi connectivity index (χ4n) is 3.86. The molecule has 1 amide bonds. The van der Waals surface area contributed by atoms with E-state index in [1.165, 1.54) is 0 Å². The van der Waals surface area contributed by atoms with Crippen LogP contribution in [0.1, 0.15) is 49.7 Å². The molecule has 0 spiro atoms. The third-order valence-electron chi connectivity index (χ3n) is 5.47. The monoisotopic (exact) mass is 351 g/mol. The van der Waals surface area contributed by atoms with Crippen molar-refractivity contribution in [2.45, 2.75) is 44.6 Å². The Morgan fingerprint density at radius 2 is 1.50 bits per heavy atom. The first-order valence-electron chi connectivity index (χ1n) is 9.14. The van der Waals surface area contributed by atoms with Crippen LogP contribution >= 0.6 is 0 Å². The molecule has 0 heterocycles. The minimum absolute atomic E-state index is 0.0171. The summed E-state index contributed by atoms with van der Waals surface area (Å²) in [6.45, 7) is 1.98. The Labute approximate surface area is 154 Å². The van der Waals surface area contributed by atoms with Crippen molar-refractivity contribution in [3.8, 4) is 0 Å². The van der Waals surface area contributed by atoms with Gasteiger partial charge in [-0.2, -0.15) is 0 Å². The van der Waals surface area contributed by atoms with Crippen LogP contribution in [0.4, 0.5) is 0 Å². The Morgan fingerprint density at radius 3 is 1.88 bits per heavy atom. The van der Waals surface area contributed by atoms with Gasteiger partial charge >= 0.3 is 5.97 Å². The number of hydrogen-bond acceptors (Lipinski definition) is 2. The smallest absolute Gasteiger partial charge is 0.310 e. The highest BCUT2D eigenvalue weighted by Gasteiger charge is 2.46. The zero-order chi connectivity index (χ0) is 18.6. The average Bonchev–Trinajstić information content (AvgIpc) is 2.60. The molecule has 4 nitrogen and oxygen atoms in total. The molecule has 1 atom stereocenters. The summed E-state index contributed by atoms with van der Waals surface area (Å²) in [4.78, 5) is 24.1. The summed E-state index contributed by atoms with van der Waals surface area (Å²) >= 11 is 0. The van der Waals surface area contributed by atoms with Crippen molar-refractivity contribution in [2.24, 2.45) is 5.41 Å². The maximum atomic E-state index is 12.6. The van der Waals surface area contributed by atoms with Gasteiger partial charge < -0.3 is 10.4 Å². The van der Waals surface area contributed by atoms with Gasteiger partial charge in [-0.05, 0) is 30.9 Å². The van der Waals surface area contributed by atoms with Crippen molar-refractivity contribution in [1.29, 1.82) is 0 Å². The first-order valence-corrected chi connectivity index (χ1v) is 9.14. The Balaban J connectivity index is 1.77. The molecule has 0 aliphatic heterocycles. The second-order valence-corrected chi connectivity index (χ2v) is 7.27. The quantitative estimate of drug-likeness (QED) is 0.793. The number of carbonyl (C=O) groups excluding carboxylic acids is 1. The van der Waals surface area contributed by atoms with E-state index in [4.69, 9.17) is 0 Å². The molecule has 0 aromatic heterocycles. The predicted molar refractivity (Wildman–Crippen MR) is 101 cm³/mol. The fraction of sp³-hybridized carbons (Fsp3) is 0.364. The number of carboxylic acids is 1. The summed E-state index contributed by atoms with van der Waals surface area (Å²) in [5.41, 5.74) is 1.39. The Bertz CT molecular complexity index is 714. The van der Waals surface area contributed by atoms with Crippen LogP contribution in [0.15, 0.2) is 60.7 Å². The van der Waals surface area contributed by atoms with Crippen LogP contribution in [0, 0.1) is 5.41 Å². The lowest BCUT2D eigenvalue weighted by Crippen LogP contribution is -2.45. The first kappa shape index (κ1) is 18.2. The summed E-state index contributed by atoms with van der Waals surface area (Å²) < 4.78 is 0. The predicted octanol–water partition coefficient (Wildman–Crippen LogP) is 3.97. The highest BCUT2D eigenvalue weighted by atomic mass is 16.4. The Morgan fingerprint density at radius 1 is 1.00 bits per heavy atom. The van der Waals surface area contributed by atoms with E-state index in [9.17, 15) is 14.7 Å². The van der Waals surface area contributed by atoms with Gasteiger partial charge in [0.2, 0.25) is 5.91 Å². The largest absolute Gasteiger partial charge is 0.481 e. The topological polar surface area (TPSA) is 66.4 Å². The van der Waals surface area contributed by atoms with Crippen LogP contribution in [-0.2, 0) is 9.59 Å². The van der Waals surface area contributed by atoms with E-state index in [-0.39, 0.29) is 24.3 Å². The molecule has 0 bridgehead atoms. The maximum absolute atomic E-state index is 12.6. The van der Waals surface area contributed by atoms with E-state index in [2.05, 4.69) is 29.6 Å². The van der Waals surface area contributed by atoms with Gasteiger partial charge in [0.1, 0.15) is 0 Å². The minimum Gasteiger partial charge on any atom is -0.481 e. The van der Waals surface area contributed by atoms with E-state index in [0.29, 0.717) is 12.8 Å². The third kappa shape index (κ3) is 3.79. The number of aliphatic carboxylic acids is 1. The van der Waals surface area contributed by atoms with Crippen molar-refractivity contribution in [3.63, 3.8) is 0 Å². The van der Waals surface area contributed by atoms with E-state index in [1.54, 1.807) is 0 Å². The SMILES string of the molecule is CC(NC(=O)CC1(C(=O)O)CCC1)C(c1ccccc1)c1ccccc1. The van der Waals surface area contributed by atoms with E-state index in [1.807, 2.05) is 43.3 Å². The molecule has 0 radical (unpaired) electrons. The molecule has 2 aromatic rings. The highest BCUT2D eigenvalue weighted by molar-refractivity contribution is 5.85. The zero-order valence-electron chi connectivity index (χ0n) is 15.0. The second-order valence-electron chi connectivity index (χ2n) is 7.27. The van der Waals surface area contributed by atoms with Gasteiger partial charge in [-0.1, -0.05) is 67.1 Å². The lowest BCUT2D eigenvalue weighted by atomic mass is 9.66. The van der Waals surface area contributed by atoms with Crippen molar-refractivity contribution < 1.29 is 14.7 Å². The molecule has 136 valence electrons. The van der Waals surface area contributed by atoms with E-state index < -0.39 is 11.4 Å². The highest BCUT2D eigenvalue weighted by Crippen LogP contribution is 2.44. The average molecular weight is 351 g/mol. The minimum atomic E-state index is -0.862. The number of benzene rings is 2. The number of amides is 1. The summed E-state index contributed by atoms with van der Waals surface area (Å²) in [7, 11) is 0. The molecule has 1 unspecified atom stereocenters. The molecule has 1 fully saturated rings. The number of carboxylic acid groups (broad SMARTS) is 1. The number of hydrogen-bond donors (Lipinski definition) is 2. The zero-order valence-corrected chi connectivity index (χ0v) is 15.0. The maximum Gasteiger partial charge on any atom is 0.310 e. The van der Waals surface area contributed by atoms with Crippen LogP contribution in [0.3, 0.4) is 0 Å². The summed E-state index contributed by atoms with van der Waals surface area (Å²) in [5.74, 6) is -1.02. The molecular weight excluding hydrogens is 326 g/mol. The molecule has 3 rings (SSSR count). The van der Waals surface area contributed by atoms with Gasteiger partial charge in [0, 0.05) is 18.4 Å². The molecule has 1 aliphatic rings. The molecule has 4 heteroatoms. The van der Waals surface area contributed by atoms with Gasteiger partial charge in [-0.15, -0.1) is 0 Å². The van der Waals surface area contributed by atoms with Crippen molar-refractivity contribution in [2.75, 3.05) is 0 Å². The lowest BCUT2D eigenvalue weighted by Gasteiger charge is -2.37. The van der Waals surface area contributed by atoms with Gasteiger partial charge in [0.15, 0.2) is 0 Å². The molecule has 0 saturated heterocycles. The molecule has 1 saturated carbocycles. The van der Waals surface area contributed by atoms with E-state index in [0.717, 1.165) is 17.5 Å². The van der Waals surface area contributed by atoms with Crippen molar-refractivity contribution >= 4 is 11.9 Å². The fourth-order valence-corrected chi connectivity index (χ4v) is 3.86. The second kappa shape index (κ2) is 7.73.